The molecule has 0 saturated heterocycles. The predicted octanol–water partition coefficient (Wildman–Crippen LogP) is 13.9. The molecule has 1 aromatic rings. The van der Waals surface area contributed by atoms with E-state index >= 15 is 0 Å². The maximum atomic E-state index is 4.94. The Morgan fingerprint density at radius 2 is 0.825 bits per heavy atom. The molecule has 2 unspecified atom stereocenters. The fourth-order valence-electron chi connectivity index (χ4n) is 6.61. The van der Waals surface area contributed by atoms with Gasteiger partial charge in [-0.1, -0.05) is 188 Å². The Bertz CT molecular complexity index is 621. The van der Waals surface area contributed by atoms with E-state index < -0.39 is 0 Å². The van der Waals surface area contributed by atoms with Crippen LogP contribution in [-0.4, -0.2) is 9.55 Å². The standard InChI is InChI=1S/C38H74N2/c1-5-8-10-12-14-16-18-20-22-24-26-28-30-33-37(38-39-34-35-40(38)36(4)31-7-3)32-29-27-25-23-21-19-17-15-13-11-9-6-2/h34-37H,5-33H2,1-4H3. The van der Waals surface area contributed by atoms with Crippen LogP contribution in [0.4, 0.5) is 0 Å². The van der Waals surface area contributed by atoms with Crippen LogP contribution in [0.3, 0.4) is 0 Å². The Kier molecular flexibility index (Phi) is 26.4. The summed E-state index contributed by atoms with van der Waals surface area (Å²) in [5, 5.41) is 0. The van der Waals surface area contributed by atoms with Crippen molar-refractivity contribution >= 4 is 0 Å². The number of hydrogen-bond donors (Lipinski definition) is 0. The van der Waals surface area contributed by atoms with Crippen LogP contribution in [0, 0.1) is 0 Å². The summed E-state index contributed by atoms with van der Waals surface area (Å²) in [7, 11) is 0. The lowest BCUT2D eigenvalue weighted by molar-refractivity contribution is 0.421. The van der Waals surface area contributed by atoms with E-state index in [1.165, 1.54) is 192 Å². The minimum atomic E-state index is 0.582. The lowest BCUT2D eigenvalue weighted by atomic mass is 9.92. The number of nitrogens with zero attached hydrogens (tertiary/aromatic N) is 2. The van der Waals surface area contributed by atoms with E-state index in [2.05, 4.69) is 44.7 Å². The molecule has 0 saturated carbocycles. The number of aromatic nitrogens is 2. The molecular formula is C38H74N2. The van der Waals surface area contributed by atoms with Gasteiger partial charge in [0.2, 0.25) is 0 Å². The first-order valence-electron chi connectivity index (χ1n) is 18.8. The van der Waals surface area contributed by atoms with E-state index in [4.69, 9.17) is 4.98 Å². The first kappa shape index (κ1) is 37.2. The highest BCUT2D eigenvalue weighted by Crippen LogP contribution is 2.30. The summed E-state index contributed by atoms with van der Waals surface area (Å²) in [6.45, 7) is 9.32. The van der Waals surface area contributed by atoms with Crippen LogP contribution >= 0.6 is 0 Å². The number of rotatable bonds is 31. The largest absolute Gasteiger partial charge is 0.332 e. The average molecular weight is 559 g/mol. The van der Waals surface area contributed by atoms with Crippen molar-refractivity contribution < 1.29 is 0 Å². The molecule has 0 spiro atoms. The van der Waals surface area contributed by atoms with Gasteiger partial charge in [-0.05, 0) is 26.2 Å². The molecule has 0 aliphatic heterocycles. The molecule has 236 valence electrons. The average Bonchev–Trinajstić information content (AvgIpc) is 3.45. The summed E-state index contributed by atoms with van der Waals surface area (Å²) in [6.07, 6.45) is 45.4. The maximum absolute atomic E-state index is 4.94. The minimum Gasteiger partial charge on any atom is -0.332 e. The van der Waals surface area contributed by atoms with E-state index in [-0.39, 0.29) is 0 Å². The van der Waals surface area contributed by atoms with Gasteiger partial charge in [0.1, 0.15) is 5.82 Å². The molecule has 1 heterocycles. The van der Waals surface area contributed by atoms with Crippen LogP contribution in [0.1, 0.15) is 232 Å². The lowest BCUT2D eigenvalue weighted by Gasteiger charge is -2.22. The molecule has 0 aliphatic rings. The normalized spacial score (nSPS) is 13.2. The molecule has 0 bridgehead atoms. The molecule has 2 heteroatoms. The van der Waals surface area contributed by atoms with Crippen LogP contribution in [0.5, 0.6) is 0 Å². The highest BCUT2D eigenvalue weighted by Gasteiger charge is 2.19. The summed E-state index contributed by atoms with van der Waals surface area (Å²) in [6, 6.07) is 0.582. The quantitative estimate of drug-likeness (QED) is 0.0828. The highest BCUT2D eigenvalue weighted by molar-refractivity contribution is 5.02. The second-order valence-electron chi connectivity index (χ2n) is 13.2. The zero-order chi connectivity index (χ0) is 28.9. The van der Waals surface area contributed by atoms with Gasteiger partial charge in [-0.2, -0.15) is 0 Å². The summed E-state index contributed by atoms with van der Waals surface area (Å²) in [5.41, 5.74) is 0. The molecule has 40 heavy (non-hydrogen) atoms. The van der Waals surface area contributed by atoms with Crippen molar-refractivity contribution in [3.63, 3.8) is 0 Å². The van der Waals surface area contributed by atoms with Gasteiger partial charge in [0.05, 0.1) is 0 Å². The summed E-state index contributed by atoms with van der Waals surface area (Å²) >= 11 is 0. The lowest BCUT2D eigenvalue weighted by Crippen LogP contribution is -2.13. The third kappa shape index (κ3) is 20.1. The zero-order valence-electron chi connectivity index (χ0n) is 28.2. The number of unbranched alkanes of at least 4 members (excludes halogenated alkanes) is 23. The molecule has 0 N–H and O–H groups in total. The van der Waals surface area contributed by atoms with Gasteiger partial charge in [-0.25, -0.2) is 4.98 Å². The van der Waals surface area contributed by atoms with Gasteiger partial charge in [0.15, 0.2) is 0 Å². The van der Waals surface area contributed by atoms with E-state index in [0.29, 0.717) is 12.0 Å². The Morgan fingerprint density at radius 1 is 0.475 bits per heavy atom. The molecule has 0 radical (unpaired) electrons. The van der Waals surface area contributed by atoms with E-state index in [9.17, 15) is 0 Å². The van der Waals surface area contributed by atoms with Gasteiger partial charge in [-0.15, -0.1) is 0 Å². The SMILES string of the molecule is CCCCCCCCCCCCCCCC(CCCCCCCCCCCCCC)c1nccn1C(C)CCC. The van der Waals surface area contributed by atoms with Gasteiger partial charge >= 0.3 is 0 Å². The van der Waals surface area contributed by atoms with E-state index in [1.54, 1.807) is 0 Å². The Hall–Kier alpha value is -0.790. The van der Waals surface area contributed by atoms with Crippen molar-refractivity contribution in [1.82, 2.24) is 9.55 Å². The van der Waals surface area contributed by atoms with Crippen LogP contribution in [0.15, 0.2) is 12.4 Å². The van der Waals surface area contributed by atoms with Crippen LogP contribution in [0.25, 0.3) is 0 Å². The molecule has 0 aromatic carbocycles. The summed E-state index contributed by atoms with van der Waals surface area (Å²) in [5.74, 6) is 2.05. The Morgan fingerprint density at radius 3 is 1.18 bits per heavy atom. The first-order chi connectivity index (χ1) is 19.7. The Balaban J connectivity index is 2.26. The summed E-state index contributed by atoms with van der Waals surface area (Å²) in [4.78, 5) is 4.94. The van der Waals surface area contributed by atoms with Gasteiger partial charge in [-0.3, -0.25) is 0 Å². The van der Waals surface area contributed by atoms with Crippen LogP contribution < -0.4 is 0 Å². The Labute approximate surface area is 253 Å². The molecule has 0 fully saturated rings. The minimum absolute atomic E-state index is 0.582. The van der Waals surface area contributed by atoms with Crippen molar-refractivity contribution in [3.05, 3.63) is 18.2 Å². The molecule has 0 amide bonds. The monoisotopic (exact) mass is 559 g/mol. The molecule has 2 nitrogen and oxygen atoms in total. The number of hydrogen-bond acceptors (Lipinski definition) is 1. The van der Waals surface area contributed by atoms with Crippen LogP contribution in [0.2, 0.25) is 0 Å². The molecule has 2 atom stereocenters. The topological polar surface area (TPSA) is 17.8 Å². The van der Waals surface area contributed by atoms with Crippen molar-refractivity contribution in [2.45, 2.75) is 226 Å². The fraction of sp³-hybridized carbons (Fsp3) is 0.921. The van der Waals surface area contributed by atoms with E-state index in [1.807, 2.05) is 0 Å². The second kappa shape index (κ2) is 28.3. The maximum Gasteiger partial charge on any atom is 0.111 e. The van der Waals surface area contributed by atoms with Gasteiger partial charge < -0.3 is 4.57 Å². The van der Waals surface area contributed by atoms with Gasteiger partial charge in [0, 0.05) is 24.4 Å². The summed E-state index contributed by atoms with van der Waals surface area (Å²) < 4.78 is 2.52. The molecular weight excluding hydrogens is 484 g/mol. The predicted molar refractivity (Wildman–Crippen MR) is 181 cm³/mol. The van der Waals surface area contributed by atoms with Crippen molar-refractivity contribution in [3.8, 4) is 0 Å². The van der Waals surface area contributed by atoms with Crippen LogP contribution in [-0.2, 0) is 0 Å². The fourth-order valence-corrected chi connectivity index (χ4v) is 6.61. The second-order valence-corrected chi connectivity index (χ2v) is 13.2. The first-order valence-corrected chi connectivity index (χ1v) is 18.8. The molecule has 0 aliphatic carbocycles. The third-order valence-corrected chi connectivity index (χ3v) is 9.31. The molecule has 1 rings (SSSR count). The highest BCUT2D eigenvalue weighted by atomic mass is 15.1. The molecule has 1 aromatic heterocycles. The van der Waals surface area contributed by atoms with Crippen molar-refractivity contribution in [1.29, 1.82) is 0 Å². The van der Waals surface area contributed by atoms with Crippen molar-refractivity contribution in [2.24, 2.45) is 0 Å². The van der Waals surface area contributed by atoms with E-state index in [0.717, 1.165) is 0 Å². The third-order valence-electron chi connectivity index (χ3n) is 9.31. The number of imidazole rings is 1. The van der Waals surface area contributed by atoms with Crippen molar-refractivity contribution in [2.75, 3.05) is 0 Å². The zero-order valence-corrected chi connectivity index (χ0v) is 28.2. The smallest absolute Gasteiger partial charge is 0.111 e. The van der Waals surface area contributed by atoms with Gasteiger partial charge in [0.25, 0.3) is 0 Å².